The van der Waals surface area contributed by atoms with Crippen LogP contribution >= 0.6 is 57.4 Å². The lowest BCUT2D eigenvalue weighted by atomic mass is 10.0. The maximum atomic E-state index is 13.6. The van der Waals surface area contributed by atoms with E-state index >= 15 is 0 Å². The molecule has 0 radical (unpaired) electrons. The van der Waals surface area contributed by atoms with Crippen LogP contribution in [0.25, 0.3) is 22.3 Å². The highest BCUT2D eigenvalue weighted by Crippen LogP contribution is 2.39. The van der Waals surface area contributed by atoms with Crippen LogP contribution in [-0.2, 0) is 10.9 Å². The third-order valence-corrected chi connectivity index (χ3v) is 8.19. The van der Waals surface area contributed by atoms with Crippen LogP contribution in [-0.4, -0.2) is 31.2 Å². The van der Waals surface area contributed by atoms with Crippen LogP contribution in [0.5, 0.6) is 0 Å². The van der Waals surface area contributed by atoms with Crippen LogP contribution in [0.1, 0.15) is 43.0 Å². The average molecular weight is 822 g/mol. The highest BCUT2D eigenvalue weighted by atomic mass is 127. The molecule has 0 unspecified atom stereocenters. The number of carbonyl (C=O) groups is 1. The Balaban J connectivity index is 0.000000256. The summed E-state index contributed by atoms with van der Waals surface area (Å²) in [6.07, 6.45) is -5.42. The van der Waals surface area contributed by atoms with Gasteiger partial charge in [0.2, 0.25) is 0 Å². The maximum absolute atomic E-state index is 13.6. The van der Waals surface area contributed by atoms with Gasteiger partial charge in [-0.15, -0.1) is 0 Å². The molecular weight excluding hydrogens is 791 g/mol. The van der Waals surface area contributed by atoms with Crippen molar-refractivity contribution in [3.8, 4) is 11.3 Å². The minimum absolute atomic E-state index is 0.0336. The molecule has 0 saturated carbocycles. The molecule has 4 N–H and O–H groups in total. The quantitative estimate of drug-likeness (QED) is 0.128. The van der Waals surface area contributed by atoms with Crippen LogP contribution in [0.4, 0.5) is 29.6 Å². The normalized spacial score (nSPS) is 11.3. The van der Waals surface area contributed by atoms with Crippen LogP contribution in [0.15, 0.2) is 54.6 Å². The van der Waals surface area contributed by atoms with Gasteiger partial charge in [0.05, 0.1) is 14.8 Å². The number of hydrogen-bond donors (Lipinski definition) is 2. The number of rotatable bonds is 1. The Labute approximate surface area is 298 Å². The van der Waals surface area contributed by atoms with Gasteiger partial charge in [-0.25, -0.2) is 24.3 Å². The fourth-order valence-electron chi connectivity index (χ4n) is 3.95. The lowest BCUT2D eigenvalue weighted by molar-refractivity contribution is -0.137. The first-order valence-electron chi connectivity index (χ1n) is 13.7. The smallest absolute Gasteiger partial charge is 0.420 e. The highest BCUT2D eigenvalue weighted by Gasteiger charge is 2.35. The predicted octanol–water partition coefficient (Wildman–Crippen LogP) is 10.3. The van der Waals surface area contributed by atoms with E-state index in [4.69, 9.17) is 51.0 Å². The van der Waals surface area contributed by atoms with E-state index in [-0.39, 0.29) is 22.1 Å². The van der Waals surface area contributed by atoms with E-state index in [2.05, 4.69) is 37.5 Å². The Morgan fingerprint density at radius 3 is 1.96 bits per heavy atom. The minimum Gasteiger partial charge on any atom is -0.443 e. The van der Waals surface area contributed by atoms with Gasteiger partial charge < -0.3 is 16.2 Å². The van der Waals surface area contributed by atoms with E-state index in [0.29, 0.717) is 32.9 Å². The van der Waals surface area contributed by atoms with Gasteiger partial charge in [-0.2, -0.15) is 13.2 Å². The molecule has 1 aromatic carbocycles. The van der Waals surface area contributed by atoms with Crippen molar-refractivity contribution in [3.63, 3.8) is 0 Å². The Kier molecular flexibility index (Phi) is 12.4. The maximum Gasteiger partial charge on any atom is 0.420 e. The third-order valence-electron chi connectivity index (χ3n) is 6.18. The number of ether oxygens (including phenoxy) is 1. The zero-order valence-electron chi connectivity index (χ0n) is 26.1. The van der Waals surface area contributed by atoms with E-state index in [9.17, 15) is 18.0 Å². The number of hydrogen-bond acceptors (Lipinski definition) is 7. The minimum atomic E-state index is -4.59. The van der Waals surface area contributed by atoms with Gasteiger partial charge in [0, 0.05) is 10.9 Å². The largest absolute Gasteiger partial charge is 0.443 e. The first-order valence-corrected chi connectivity index (χ1v) is 16.0. The second-order valence-electron chi connectivity index (χ2n) is 11.2. The number of alkyl halides is 3. The number of aryl methyl sites for hydroxylation is 3. The fourth-order valence-corrected chi connectivity index (χ4v) is 4.98. The lowest BCUT2D eigenvalue weighted by Crippen LogP contribution is -2.27. The zero-order valence-corrected chi connectivity index (χ0v) is 30.5. The second kappa shape index (κ2) is 15.3. The summed E-state index contributed by atoms with van der Waals surface area (Å²) >= 11 is 19.5. The van der Waals surface area contributed by atoms with Crippen molar-refractivity contribution in [2.45, 2.75) is 53.3 Å². The molecule has 0 bridgehead atoms. The summed E-state index contributed by atoms with van der Waals surface area (Å²) < 4.78 is 48.1. The van der Waals surface area contributed by atoms with Crippen molar-refractivity contribution in [1.82, 2.24) is 19.5 Å². The van der Waals surface area contributed by atoms with Crippen molar-refractivity contribution >= 4 is 86.2 Å². The number of fused-ring (bicyclic) bond motifs is 1. The van der Waals surface area contributed by atoms with Gasteiger partial charge >= 0.3 is 12.3 Å². The average Bonchev–Trinajstić information content (AvgIpc) is 3.32. The number of anilines is 2. The number of nitrogen functional groups attached to an aromatic ring is 2. The van der Waals surface area contributed by atoms with E-state index in [1.807, 2.05) is 26.0 Å². The molecule has 250 valence electrons. The summed E-state index contributed by atoms with van der Waals surface area (Å²) in [5.41, 5.74) is 11.7. The molecule has 5 aromatic rings. The first kappa shape index (κ1) is 38.1. The molecule has 4 heterocycles. The summed E-state index contributed by atoms with van der Waals surface area (Å²) in [6, 6.07) is 13.7. The van der Waals surface area contributed by atoms with Gasteiger partial charge in [-0.3, -0.25) is 0 Å². The zero-order chi connectivity index (χ0) is 35.4. The van der Waals surface area contributed by atoms with Crippen LogP contribution < -0.4 is 11.5 Å². The SMILES string of the molecule is Cc1cc(I)c(N)nc1Cl.Cc1cc2cc(-c3ccccc3C(F)(F)F)n(C(=O)OC(C)(C)C)c2nc1Cl.Cc1ccc(N)nc1Cl. The molecule has 0 spiro atoms. The highest BCUT2D eigenvalue weighted by molar-refractivity contribution is 14.1. The molecule has 15 heteroatoms. The van der Waals surface area contributed by atoms with E-state index in [1.54, 1.807) is 39.8 Å². The standard InChI is InChI=1S/C20H18ClF3N2O2.C6H6ClIN2.C6H7ClN2/c1-11-9-12-10-15(13-7-5-6-8-14(13)20(22,23)24)26(17(12)25-16(11)21)18(27)28-19(2,3)4;1-3-2-4(8)6(9)10-5(3)7;1-4-2-3-5(8)9-6(4)7/h5-10H,1-4H3;2H,1H3,(H2,9,10);2-3H,1H3,(H2,8,9). The molecule has 0 aliphatic carbocycles. The summed E-state index contributed by atoms with van der Waals surface area (Å²) in [5, 5.41) is 1.61. The molecule has 5 rings (SSSR count). The summed E-state index contributed by atoms with van der Waals surface area (Å²) in [7, 11) is 0. The molecule has 0 amide bonds. The van der Waals surface area contributed by atoms with Crippen molar-refractivity contribution in [2.75, 3.05) is 11.5 Å². The number of aromatic nitrogens is 4. The molecule has 8 nitrogen and oxygen atoms in total. The number of carbonyl (C=O) groups excluding carboxylic acids is 1. The number of benzene rings is 1. The molecular formula is C32H31Cl3F3IN6O2. The van der Waals surface area contributed by atoms with Crippen molar-refractivity contribution in [3.05, 3.63) is 95.9 Å². The fraction of sp³-hybridized carbons (Fsp3) is 0.250. The van der Waals surface area contributed by atoms with Crippen LogP contribution in [0.2, 0.25) is 15.5 Å². The number of pyridine rings is 3. The molecule has 0 atom stereocenters. The molecule has 0 fully saturated rings. The first-order chi connectivity index (χ1) is 21.7. The van der Waals surface area contributed by atoms with Crippen molar-refractivity contribution in [1.29, 1.82) is 0 Å². The van der Waals surface area contributed by atoms with Crippen LogP contribution in [0.3, 0.4) is 0 Å². The van der Waals surface area contributed by atoms with E-state index in [0.717, 1.165) is 25.3 Å². The number of nitrogens with two attached hydrogens (primary N) is 2. The van der Waals surface area contributed by atoms with Crippen molar-refractivity contribution in [2.24, 2.45) is 0 Å². The topological polar surface area (TPSA) is 122 Å². The van der Waals surface area contributed by atoms with Gasteiger partial charge in [0.15, 0.2) is 5.65 Å². The molecule has 0 aliphatic rings. The number of halogens is 7. The van der Waals surface area contributed by atoms with Gasteiger partial charge in [0.1, 0.15) is 32.7 Å². The monoisotopic (exact) mass is 820 g/mol. The Morgan fingerprint density at radius 1 is 0.830 bits per heavy atom. The second-order valence-corrected chi connectivity index (χ2v) is 13.4. The summed E-state index contributed by atoms with van der Waals surface area (Å²) in [5.74, 6) is 0.960. The van der Waals surface area contributed by atoms with Crippen molar-refractivity contribution < 1.29 is 22.7 Å². The molecule has 0 aliphatic heterocycles. The Morgan fingerprint density at radius 2 is 1.40 bits per heavy atom. The summed E-state index contributed by atoms with van der Waals surface area (Å²) in [6.45, 7) is 10.5. The van der Waals surface area contributed by atoms with Gasteiger partial charge in [0.25, 0.3) is 0 Å². The van der Waals surface area contributed by atoms with Crippen LogP contribution in [0, 0.1) is 24.3 Å². The Hall–Kier alpha value is -3.33. The van der Waals surface area contributed by atoms with E-state index < -0.39 is 23.4 Å². The van der Waals surface area contributed by atoms with Gasteiger partial charge in [-0.1, -0.05) is 59.1 Å². The predicted molar refractivity (Wildman–Crippen MR) is 191 cm³/mol. The molecule has 0 saturated heterocycles. The molecule has 4 aromatic heterocycles. The molecule has 47 heavy (non-hydrogen) atoms. The Bertz CT molecular complexity index is 1880. The summed E-state index contributed by atoms with van der Waals surface area (Å²) in [4.78, 5) is 24.8. The van der Waals surface area contributed by atoms with E-state index in [1.165, 1.54) is 24.3 Å². The van der Waals surface area contributed by atoms with Gasteiger partial charge in [-0.05, 0) is 111 Å². The number of nitrogens with zero attached hydrogens (tertiary/aromatic N) is 4. The lowest BCUT2D eigenvalue weighted by Gasteiger charge is -2.21. The third kappa shape index (κ3) is 10.1.